The Bertz CT molecular complexity index is 1740. The Morgan fingerprint density at radius 3 is 2.41 bits per heavy atom. The molecular weight excluding hydrogens is 506 g/mol. The van der Waals surface area contributed by atoms with Gasteiger partial charge >= 0.3 is 0 Å². The molecule has 200 valence electrons. The Morgan fingerprint density at radius 2 is 1.69 bits per heavy atom. The van der Waals surface area contributed by atoms with E-state index < -0.39 is 5.97 Å². The van der Waals surface area contributed by atoms with Crippen LogP contribution in [-0.2, 0) is 17.9 Å². The van der Waals surface area contributed by atoms with Crippen molar-refractivity contribution in [3.8, 4) is 0 Å². The molecule has 5 rings (SSSR count). The topological polar surface area (TPSA) is 69.2 Å². The fourth-order valence-corrected chi connectivity index (χ4v) is 5.80. The predicted octanol–water partition coefficient (Wildman–Crippen LogP) is 3.19. The minimum atomic E-state index is -1.08. The molecule has 6 nitrogen and oxygen atoms in total. The lowest BCUT2D eigenvalue weighted by Crippen LogP contribution is -2.33. The van der Waals surface area contributed by atoms with Crippen molar-refractivity contribution in [3.63, 3.8) is 0 Å². The molecule has 0 atom stereocenters. The van der Waals surface area contributed by atoms with Crippen molar-refractivity contribution in [2.24, 2.45) is 0 Å². The number of thiazole rings is 1. The quantitative estimate of drug-likeness (QED) is 0.366. The highest BCUT2D eigenvalue weighted by molar-refractivity contribution is 7.07. The number of carbonyl (C=O) groups is 1. The molecule has 0 unspecified atom stereocenters. The first-order valence-corrected chi connectivity index (χ1v) is 14.0. The zero-order valence-corrected chi connectivity index (χ0v) is 23.6. The maximum atomic E-state index is 13.3. The number of pyridine rings is 1. The van der Waals surface area contributed by atoms with E-state index in [0.29, 0.717) is 6.54 Å². The summed E-state index contributed by atoms with van der Waals surface area (Å²) in [4.78, 5) is 24.4. The average Bonchev–Trinajstić information content (AvgIpc) is 3.24. The summed E-state index contributed by atoms with van der Waals surface area (Å²) >= 11 is 1.55. The van der Waals surface area contributed by atoms with Crippen LogP contribution in [0.15, 0.2) is 83.4 Å². The fourth-order valence-electron chi connectivity index (χ4n) is 4.74. The highest BCUT2D eigenvalue weighted by Gasteiger charge is 2.15. The van der Waals surface area contributed by atoms with Crippen molar-refractivity contribution < 1.29 is 14.5 Å². The van der Waals surface area contributed by atoms with Crippen LogP contribution in [0.5, 0.6) is 0 Å². The minimum Gasteiger partial charge on any atom is -0.550 e. The van der Waals surface area contributed by atoms with Gasteiger partial charge < -0.3 is 14.8 Å². The minimum absolute atomic E-state index is 0.0627. The van der Waals surface area contributed by atoms with Gasteiger partial charge in [-0.15, -0.1) is 11.3 Å². The van der Waals surface area contributed by atoms with Crippen LogP contribution in [0, 0.1) is 0 Å². The maximum Gasteiger partial charge on any atom is 0.269 e. The molecule has 39 heavy (non-hydrogen) atoms. The number of allylic oxidation sites excluding steroid dienone is 2. The van der Waals surface area contributed by atoms with Gasteiger partial charge in [-0.3, -0.25) is 9.36 Å². The standard InChI is InChI=1S/C30H30N3OS.C2H4O2/c1-4-31-20-19-23(25-12-8-10-14-27(25)31)21-29-33(6-3)30(34)28(35-29)18-17-24-16-15-22-11-7-9-13-26(22)32(24)5-2;1-2(3)4/h7-21H,4-6H2,1-3H3;1H3,(H,3,4)/q+1;/p-1/b24-17+,28-18-;. The van der Waals surface area contributed by atoms with Gasteiger partial charge in [-0.2, -0.15) is 4.57 Å². The van der Waals surface area contributed by atoms with E-state index in [1.807, 2.05) is 17.6 Å². The van der Waals surface area contributed by atoms with Crippen LogP contribution in [0.1, 0.15) is 38.8 Å². The molecular formula is C32H33N3O3S. The molecule has 0 spiro atoms. The number of fused-ring (bicyclic) bond motifs is 2. The van der Waals surface area contributed by atoms with Crippen LogP contribution in [0.25, 0.3) is 29.1 Å². The summed E-state index contributed by atoms with van der Waals surface area (Å²) in [6.45, 7) is 9.73. The maximum absolute atomic E-state index is 13.3. The number of likely N-dealkylation sites (N-methyl/N-ethyl adjacent to an activating group) is 1. The van der Waals surface area contributed by atoms with Gasteiger partial charge in [0, 0.05) is 42.6 Å². The van der Waals surface area contributed by atoms with E-state index in [9.17, 15) is 4.79 Å². The average molecular weight is 540 g/mol. The summed E-state index contributed by atoms with van der Waals surface area (Å²) in [5.74, 6) is -1.08. The molecule has 0 radical (unpaired) electrons. The Kier molecular flexibility index (Phi) is 8.94. The Labute approximate surface area is 232 Å². The Balaban J connectivity index is 0.000000826. The van der Waals surface area contributed by atoms with E-state index in [4.69, 9.17) is 9.90 Å². The van der Waals surface area contributed by atoms with Crippen molar-refractivity contribution >= 4 is 52.1 Å². The lowest BCUT2D eigenvalue weighted by molar-refractivity contribution is -0.667. The van der Waals surface area contributed by atoms with Crippen LogP contribution in [0.3, 0.4) is 0 Å². The molecule has 2 aromatic carbocycles. The molecule has 2 aromatic heterocycles. The van der Waals surface area contributed by atoms with Crippen molar-refractivity contribution in [1.82, 2.24) is 4.57 Å². The highest BCUT2D eigenvalue weighted by atomic mass is 32.1. The molecule has 3 heterocycles. The summed E-state index contributed by atoms with van der Waals surface area (Å²) in [6, 6.07) is 19.0. The van der Waals surface area contributed by atoms with Crippen LogP contribution in [0.4, 0.5) is 5.69 Å². The third-order valence-electron chi connectivity index (χ3n) is 6.53. The van der Waals surface area contributed by atoms with Crippen LogP contribution >= 0.6 is 11.3 Å². The Hall–Kier alpha value is -4.23. The van der Waals surface area contributed by atoms with Gasteiger partial charge in [-0.25, -0.2) is 0 Å². The number of benzene rings is 2. The zero-order chi connectivity index (χ0) is 27.9. The number of rotatable bonds is 5. The number of hydrogen-bond acceptors (Lipinski definition) is 5. The van der Waals surface area contributed by atoms with E-state index >= 15 is 0 Å². The summed E-state index contributed by atoms with van der Waals surface area (Å²) in [5.41, 5.74) is 5.89. The number of nitrogens with zero attached hydrogens (tertiary/aromatic N) is 3. The normalized spacial score (nSPS) is 14.5. The van der Waals surface area contributed by atoms with E-state index in [2.05, 4.69) is 108 Å². The summed E-state index contributed by atoms with van der Waals surface area (Å²) in [6.07, 6.45) is 12.6. The first-order chi connectivity index (χ1) is 18.9. The number of para-hydroxylation sites is 2. The van der Waals surface area contributed by atoms with E-state index in [1.165, 1.54) is 22.2 Å². The highest BCUT2D eigenvalue weighted by Crippen LogP contribution is 2.30. The van der Waals surface area contributed by atoms with Crippen molar-refractivity contribution in [3.05, 3.63) is 109 Å². The molecule has 1 aliphatic rings. The second-order valence-corrected chi connectivity index (χ2v) is 10.0. The largest absolute Gasteiger partial charge is 0.550 e. The van der Waals surface area contributed by atoms with Crippen molar-refractivity contribution in [2.45, 2.75) is 40.8 Å². The summed E-state index contributed by atoms with van der Waals surface area (Å²) in [5, 5.41) is 10.1. The first-order valence-electron chi connectivity index (χ1n) is 13.1. The van der Waals surface area contributed by atoms with Gasteiger partial charge in [0.05, 0.1) is 14.6 Å². The van der Waals surface area contributed by atoms with E-state index in [1.54, 1.807) is 11.3 Å². The zero-order valence-electron chi connectivity index (χ0n) is 22.8. The van der Waals surface area contributed by atoms with Gasteiger partial charge in [0.2, 0.25) is 5.52 Å². The van der Waals surface area contributed by atoms with Gasteiger partial charge in [-0.05, 0) is 75.3 Å². The second kappa shape index (κ2) is 12.5. The molecule has 0 aliphatic carbocycles. The SMILES string of the molecule is CC(=O)[O-].CCN1/C(=C/C=c2\s/c(=C\c3cc[n+](CC)c4ccccc34)n(CC)c2=O)C=Cc2ccccc21. The molecule has 0 fully saturated rings. The number of hydrogen-bond donors (Lipinski definition) is 0. The third-order valence-corrected chi connectivity index (χ3v) is 7.60. The molecule has 0 bridgehead atoms. The lowest BCUT2D eigenvalue weighted by atomic mass is 10.1. The number of anilines is 1. The monoisotopic (exact) mass is 539 g/mol. The molecule has 0 saturated heterocycles. The van der Waals surface area contributed by atoms with Gasteiger partial charge in [-0.1, -0.05) is 36.4 Å². The smallest absolute Gasteiger partial charge is 0.269 e. The van der Waals surface area contributed by atoms with Crippen molar-refractivity contribution in [1.29, 1.82) is 0 Å². The number of aliphatic carboxylic acids is 1. The molecule has 0 saturated carbocycles. The van der Waals surface area contributed by atoms with Gasteiger partial charge in [0.1, 0.15) is 6.54 Å². The van der Waals surface area contributed by atoms with Gasteiger partial charge in [0.25, 0.3) is 5.56 Å². The van der Waals surface area contributed by atoms with Crippen LogP contribution in [0.2, 0.25) is 0 Å². The number of aromatic nitrogens is 2. The number of aryl methyl sites for hydroxylation is 1. The number of carbonyl (C=O) groups excluding carboxylic acids is 1. The van der Waals surface area contributed by atoms with Gasteiger partial charge in [0.15, 0.2) is 6.20 Å². The molecule has 0 amide bonds. The molecule has 4 aromatic rings. The summed E-state index contributed by atoms with van der Waals surface area (Å²) < 4.78 is 5.83. The van der Waals surface area contributed by atoms with Crippen LogP contribution in [-0.4, -0.2) is 17.1 Å². The van der Waals surface area contributed by atoms with Crippen molar-refractivity contribution in [2.75, 3.05) is 11.4 Å². The second-order valence-electron chi connectivity index (χ2n) is 8.96. The predicted molar refractivity (Wildman–Crippen MR) is 159 cm³/mol. The van der Waals surface area contributed by atoms with E-state index in [-0.39, 0.29) is 5.56 Å². The molecule has 7 heteroatoms. The Morgan fingerprint density at radius 1 is 0.974 bits per heavy atom. The fraction of sp³-hybridized carbons (Fsp3) is 0.219. The summed E-state index contributed by atoms with van der Waals surface area (Å²) in [7, 11) is 0. The molecule has 0 N–H and O–H groups in total. The number of carboxylic acids is 1. The van der Waals surface area contributed by atoms with E-state index in [0.717, 1.165) is 40.5 Å². The molecule has 1 aliphatic heterocycles. The number of carboxylic acid groups (broad SMARTS) is 1. The van der Waals surface area contributed by atoms with Crippen LogP contribution < -0.4 is 29.3 Å². The first kappa shape index (κ1) is 27.8. The lowest BCUT2D eigenvalue weighted by Gasteiger charge is -2.29. The third kappa shape index (κ3) is 6.10.